The maximum Gasteiger partial charge on any atom is 0.309 e. The van der Waals surface area contributed by atoms with Crippen molar-refractivity contribution in [1.29, 1.82) is 0 Å². The normalized spacial score (nSPS) is 22.6. The molecule has 2 amide bonds. The van der Waals surface area contributed by atoms with Gasteiger partial charge in [-0.2, -0.15) is 0 Å². The number of aliphatic carboxylic acids is 1. The zero-order valence-electron chi connectivity index (χ0n) is 25.7. The number of hydrogen-bond donors (Lipinski definition) is 5. The second kappa shape index (κ2) is 11.1. The largest absolute Gasteiger partial charge is 0.481 e. The molecule has 0 spiro atoms. The van der Waals surface area contributed by atoms with Gasteiger partial charge in [0.15, 0.2) is 0 Å². The van der Waals surface area contributed by atoms with Crippen LogP contribution in [0.15, 0.2) is 33.9 Å². The van der Waals surface area contributed by atoms with E-state index in [0.29, 0.717) is 38.8 Å². The molecule has 1 atom stereocenters. The van der Waals surface area contributed by atoms with E-state index in [1.54, 1.807) is 0 Å². The number of fused-ring (bicyclic) bond motifs is 5. The third kappa shape index (κ3) is 4.99. The fourth-order valence-electron chi connectivity index (χ4n) is 7.70. The van der Waals surface area contributed by atoms with Crippen LogP contribution in [-0.2, 0) is 24.3 Å². The van der Waals surface area contributed by atoms with Crippen molar-refractivity contribution in [1.82, 2.24) is 30.2 Å². The highest BCUT2D eigenvalue weighted by Crippen LogP contribution is 2.58. The molecule has 2 aromatic heterocycles. The molecule has 3 saturated carbocycles. The molecule has 4 aliphatic rings. The number of aromatic nitrogens is 4. The summed E-state index contributed by atoms with van der Waals surface area (Å²) < 4.78 is 1.52. The molecule has 6 N–H and O–H groups in total. The molecule has 4 aromatic rings. The van der Waals surface area contributed by atoms with E-state index < -0.39 is 34.1 Å². The van der Waals surface area contributed by atoms with Crippen LogP contribution in [0, 0.1) is 15.6 Å². The molecule has 3 fully saturated rings. The maximum absolute atomic E-state index is 13.6. The zero-order chi connectivity index (χ0) is 33.2. The second-order valence-corrected chi connectivity index (χ2v) is 13.6. The molecule has 15 heteroatoms. The van der Waals surface area contributed by atoms with Crippen LogP contribution < -0.4 is 32.1 Å². The fourth-order valence-corrected chi connectivity index (χ4v) is 7.93. The van der Waals surface area contributed by atoms with E-state index in [0.717, 1.165) is 36.0 Å². The van der Waals surface area contributed by atoms with Gasteiger partial charge in [-0.25, -0.2) is 14.5 Å². The number of rotatable bonds is 8. The van der Waals surface area contributed by atoms with E-state index in [1.165, 1.54) is 10.5 Å². The number of carbonyl (C=O) groups is 3. The summed E-state index contributed by atoms with van der Waals surface area (Å²) in [6.07, 6.45) is 4.64. The standard InChI is InChI=1S/C32H34N8O6S/c1-16(31-5-8-32(9-6-31,10-7-31)28(45)46)35-26(43)20-13-21(40-29(36-20)37-38-30(40)47)27(44)34-14-17-2-3-18-4-11-39(15-19(18)12-17)23-22(33)24(41)25(23)42/h2-3,12-13,16H,4-11,14-15,33H2,1H3,(H,34,44)(H,35,43)(H,38,47)(H,45,46). The van der Waals surface area contributed by atoms with E-state index in [-0.39, 0.29) is 51.3 Å². The van der Waals surface area contributed by atoms with Crippen molar-refractivity contribution in [3.63, 3.8) is 0 Å². The van der Waals surface area contributed by atoms with Crippen molar-refractivity contribution < 1.29 is 19.5 Å². The van der Waals surface area contributed by atoms with Crippen LogP contribution in [0.1, 0.15) is 83.1 Å². The average molecular weight is 659 g/mol. The number of anilines is 2. The lowest BCUT2D eigenvalue weighted by Gasteiger charge is -2.54. The quantitative estimate of drug-likeness (QED) is 0.137. The number of nitrogen functional groups attached to an aromatic ring is 1. The number of benzene rings is 1. The zero-order valence-corrected chi connectivity index (χ0v) is 26.5. The molecule has 0 saturated heterocycles. The Hall–Kier alpha value is -4.92. The molecule has 3 aliphatic carbocycles. The Kier molecular flexibility index (Phi) is 7.26. The van der Waals surface area contributed by atoms with Gasteiger partial charge in [-0.15, -0.1) is 5.10 Å². The Morgan fingerprint density at radius 1 is 1.06 bits per heavy atom. The van der Waals surface area contributed by atoms with Crippen molar-refractivity contribution >= 4 is 47.2 Å². The van der Waals surface area contributed by atoms with Gasteiger partial charge in [-0.05, 0) is 92.3 Å². The Morgan fingerprint density at radius 2 is 1.79 bits per heavy atom. The minimum atomic E-state index is -0.731. The van der Waals surface area contributed by atoms with Gasteiger partial charge in [0, 0.05) is 25.7 Å². The van der Waals surface area contributed by atoms with Crippen LogP contribution in [0.4, 0.5) is 11.4 Å². The lowest BCUT2D eigenvalue weighted by molar-refractivity contribution is -0.159. The van der Waals surface area contributed by atoms with Crippen molar-refractivity contribution in [3.8, 4) is 0 Å². The summed E-state index contributed by atoms with van der Waals surface area (Å²) in [5.74, 6) is -1.60. The molecule has 47 heavy (non-hydrogen) atoms. The number of carbonyl (C=O) groups excluding carboxylic acids is 2. The van der Waals surface area contributed by atoms with Crippen LogP contribution in [0.2, 0.25) is 0 Å². The van der Waals surface area contributed by atoms with E-state index in [9.17, 15) is 29.1 Å². The van der Waals surface area contributed by atoms with Gasteiger partial charge in [0.05, 0.1) is 5.41 Å². The van der Waals surface area contributed by atoms with Crippen LogP contribution >= 0.6 is 12.2 Å². The van der Waals surface area contributed by atoms with Crippen molar-refractivity contribution in [2.75, 3.05) is 17.2 Å². The molecule has 3 heterocycles. The molecule has 1 unspecified atom stereocenters. The first kappa shape index (κ1) is 30.7. The highest BCUT2D eigenvalue weighted by molar-refractivity contribution is 7.71. The Morgan fingerprint density at radius 3 is 2.47 bits per heavy atom. The summed E-state index contributed by atoms with van der Waals surface area (Å²) in [4.78, 5) is 68.8. The van der Waals surface area contributed by atoms with Crippen molar-refractivity contribution in [3.05, 3.63) is 77.6 Å². The molecule has 2 aromatic carbocycles. The van der Waals surface area contributed by atoms with E-state index in [1.807, 2.05) is 30.0 Å². The maximum atomic E-state index is 13.6. The highest BCUT2D eigenvalue weighted by atomic mass is 32.1. The molecule has 14 nitrogen and oxygen atoms in total. The van der Waals surface area contributed by atoms with E-state index >= 15 is 0 Å². The predicted molar refractivity (Wildman–Crippen MR) is 173 cm³/mol. The second-order valence-electron chi connectivity index (χ2n) is 13.2. The van der Waals surface area contributed by atoms with Gasteiger partial charge in [0.25, 0.3) is 28.4 Å². The number of hydrogen-bond acceptors (Lipinski definition) is 10. The first-order valence-electron chi connectivity index (χ1n) is 15.7. The summed E-state index contributed by atoms with van der Waals surface area (Å²) in [5.41, 5.74) is 7.01. The molecule has 8 rings (SSSR count). The summed E-state index contributed by atoms with van der Waals surface area (Å²) in [6, 6.07) is 7.02. The Bertz CT molecular complexity index is 2090. The summed E-state index contributed by atoms with van der Waals surface area (Å²) in [5, 5.41) is 22.5. The minimum Gasteiger partial charge on any atom is -0.481 e. The summed E-state index contributed by atoms with van der Waals surface area (Å²) >= 11 is 5.36. The smallest absolute Gasteiger partial charge is 0.309 e. The van der Waals surface area contributed by atoms with Gasteiger partial charge in [-0.3, -0.25) is 24.0 Å². The first-order chi connectivity index (χ1) is 22.4. The van der Waals surface area contributed by atoms with Gasteiger partial charge in [-0.1, -0.05) is 18.2 Å². The number of amides is 2. The van der Waals surface area contributed by atoms with Crippen LogP contribution in [-0.4, -0.2) is 55.1 Å². The Labute approximate surface area is 273 Å². The fraction of sp³-hybridized carbons (Fsp3) is 0.438. The summed E-state index contributed by atoms with van der Waals surface area (Å²) in [7, 11) is 0. The molecule has 2 bridgehead atoms. The van der Waals surface area contributed by atoms with Crippen LogP contribution in [0.3, 0.4) is 0 Å². The number of aromatic amines is 1. The Balaban J connectivity index is 1.06. The molecule has 244 valence electrons. The third-order valence-corrected chi connectivity index (χ3v) is 11.1. The highest BCUT2D eigenvalue weighted by Gasteiger charge is 2.54. The van der Waals surface area contributed by atoms with Gasteiger partial charge in [0.2, 0.25) is 4.77 Å². The van der Waals surface area contributed by atoms with Crippen molar-refractivity contribution in [2.24, 2.45) is 10.8 Å². The van der Waals surface area contributed by atoms with Gasteiger partial charge >= 0.3 is 5.97 Å². The van der Waals surface area contributed by atoms with Crippen LogP contribution in [0.25, 0.3) is 5.78 Å². The molecular weight excluding hydrogens is 624 g/mol. The van der Waals surface area contributed by atoms with Crippen LogP contribution in [0.5, 0.6) is 0 Å². The molecule has 1 aliphatic heterocycles. The number of nitrogens with zero attached hydrogens (tertiary/aromatic N) is 4. The predicted octanol–water partition coefficient (Wildman–Crippen LogP) is 2.00. The van der Waals surface area contributed by atoms with Gasteiger partial charge < -0.3 is 26.4 Å². The van der Waals surface area contributed by atoms with E-state index in [2.05, 4.69) is 25.8 Å². The number of carboxylic acid groups (broad SMARTS) is 1. The lowest BCUT2D eigenvalue weighted by Crippen LogP contribution is -2.54. The molecule has 0 radical (unpaired) electrons. The minimum absolute atomic E-state index is 0.000329. The number of H-pyrrole nitrogens is 1. The average Bonchev–Trinajstić information content (AvgIpc) is 3.47. The SMILES string of the molecule is CC(NC(=O)c1cc(C(=O)NCc2ccc3c(c2)CN(c2c(N)c(=O)c2=O)CC3)n2c(=S)[nH]nc2n1)C12CCC(C(=O)O)(CC1)CC2. The van der Waals surface area contributed by atoms with E-state index in [4.69, 9.17) is 18.0 Å². The number of nitrogens with two attached hydrogens (primary N) is 1. The molecular formula is C32H34N8O6S. The van der Waals surface area contributed by atoms with Gasteiger partial charge in [0.1, 0.15) is 22.8 Å². The number of nitrogens with one attached hydrogen (secondary N) is 3. The lowest BCUT2D eigenvalue weighted by atomic mass is 9.52. The first-order valence-corrected chi connectivity index (χ1v) is 16.1. The number of carboxylic acids is 1. The third-order valence-electron chi connectivity index (χ3n) is 10.9. The van der Waals surface area contributed by atoms with Crippen molar-refractivity contribution in [2.45, 2.75) is 71.0 Å². The monoisotopic (exact) mass is 658 g/mol. The summed E-state index contributed by atoms with van der Waals surface area (Å²) in [6.45, 7) is 3.10. The topological polar surface area (TPSA) is 205 Å².